The first kappa shape index (κ1) is 27.8. The summed E-state index contributed by atoms with van der Waals surface area (Å²) in [6.07, 6.45) is -3.20. The topological polar surface area (TPSA) is 93.6 Å². The van der Waals surface area contributed by atoms with Crippen molar-refractivity contribution in [3.63, 3.8) is 0 Å². The number of thiophene rings is 1. The highest BCUT2D eigenvalue weighted by molar-refractivity contribution is 7.99. The van der Waals surface area contributed by atoms with Crippen LogP contribution in [0.4, 0.5) is 13.2 Å². The standard InChI is InChI=1S/C25H26F3N5O3S2/c1-13(2)11-32-21-16(20(35)31(6)23(32)36)18(38-22-30-29-12-33(22)24(3,4)5)19(37-21)17(34)14-9-7-8-10-15(14)25(26,27)28/h7-10,12-13H,11H2,1-6H3/p+1. The van der Waals surface area contributed by atoms with Crippen molar-refractivity contribution in [2.45, 2.75) is 62.9 Å². The number of rotatable bonds is 6. The smallest absolute Gasteiger partial charge is 0.288 e. The maximum Gasteiger partial charge on any atom is 0.417 e. The zero-order valence-corrected chi connectivity index (χ0v) is 23.3. The minimum absolute atomic E-state index is 0.0207. The number of benzene rings is 1. The molecule has 38 heavy (non-hydrogen) atoms. The Labute approximate surface area is 224 Å². The summed E-state index contributed by atoms with van der Waals surface area (Å²) in [5.41, 5.74) is -3.23. The van der Waals surface area contributed by atoms with Crippen LogP contribution < -0.4 is 15.8 Å². The summed E-state index contributed by atoms with van der Waals surface area (Å²) < 4.78 is 45.7. The molecule has 0 saturated heterocycles. The zero-order chi connectivity index (χ0) is 28.2. The average Bonchev–Trinajstić information content (AvgIpc) is 3.45. The SMILES string of the molecule is CC(C)Cn1c(=O)n(C)c(=O)c2c(Sc3[nH]nc[n+]3C(C)(C)C)c(C(=O)c3ccccc3C(F)(F)F)sc21. The quantitative estimate of drug-likeness (QED) is 0.272. The minimum Gasteiger partial charge on any atom is -0.288 e. The number of hydrogen-bond donors (Lipinski definition) is 1. The molecule has 0 saturated carbocycles. The number of H-pyrrole nitrogens is 1. The first-order valence-electron chi connectivity index (χ1n) is 11.7. The molecule has 0 bridgehead atoms. The molecule has 8 nitrogen and oxygen atoms in total. The van der Waals surface area contributed by atoms with Crippen LogP contribution >= 0.6 is 23.1 Å². The molecule has 0 amide bonds. The van der Waals surface area contributed by atoms with Gasteiger partial charge in [0.05, 0.1) is 26.3 Å². The lowest BCUT2D eigenvalue weighted by Crippen LogP contribution is -2.50. The second-order valence-corrected chi connectivity index (χ2v) is 12.3. The van der Waals surface area contributed by atoms with Crippen molar-refractivity contribution in [1.82, 2.24) is 19.3 Å². The van der Waals surface area contributed by atoms with Crippen LogP contribution in [0.2, 0.25) is 0 Å². The lowest BCUT2D eigenvalue weighted by molar-refractivity contribution is -0.786. The van der Waals surface area contributed by atoms with Gasteiger partial charge in [-0.3, -0.25) is 18.7 Å². The van der Waals surface area contributed by atoms with Gasteiger partial charge in [-0.05, 0) is 44.5 Å². The Bertz CT molecular complexity index is 1660. The molecule has 1 aromatic carbocycles. The van der Waals surface area contributed by atoms with Crippen molar-refractivity contribution in [2.75, 3.05) is 0 Å². The number of aromatic amines is 1. The van der Waals surface area contributed by atoms with Gasteiger partial charge in [0.1, 0.15) is 4.83 Å². The minimum atomic E-state index is -4.76. The Morgan fingerprint density at radius 2 is 1.84 bits per heavy atom. The van der Waals surface area contributed by atoms with E-state index in [0.717, 1.165) is 39.8 Å². The van der Waals surface area contributed by atoms with Gasteiger partial charge in [-0.25, -0.2) is 9.36 Å². The van der Waals surface area contributed by atoms with Crippen molar-refractivity contribution in [1.29, 1.82) is 0 Å². The molecule has 0 atom stereocenters. The largest absolute Gasteiger partial charge is 0.417 e. The number of nitrogens with zero attached hydrogens (tertiary/aromatic N) is 4. The molecule has 0 aliphatic heterocycles. The van der Waals surface area contributed by atoms with Crippen molar-refractivity contribution < 1.29 is 22.5 Å². The first-order chi connectivity index (χ1) is 17.6. The van der Waals surface area contributed by atoms with Crippen LogP contribution in [-0.2, 0) is 25.3 Å². The Morgan fingerprint density at radius 3 is 2.45 bits per heavy atom. The number of hydrogen-bond acceptors (Lipinski definition) is 6. The molecular weight excluding hydrogens is 539 g/mol. The fourth-order valence-corrected chi connectivity index (χ4v) is 6.67. The van der Waals surface area contributed by atoms with E-state index < -0.39 is 39.9 Å². The van der Waals surface area contributed by atoms with E-state index in [0.29, 0.717) is 5.16 Å². The number of aromatic nitrogens is 5. The van der Waals surface area contributed by atoms with Crippen LogP contribution in [0.25, 0.3) is 10.2 Å². The van der Waals surface area contributed by atoms with Gasteiger partial charge in [0.15, 0.2) is 0 Å². The highest BCUT2D eigenvalue weighted by atomic mass is 32.2. The molecule has 4 aromatic rings. The Morgan fingerprint density at radius 1 is 1.18 bits per heavy atom. The Kier molecular flexibility index (Phi) is 7.21. The second-order valence-electron chi connectivity index (χ2n) is 10.3. The van der Waals surface area contributed by atoms with Gasteiger partial charge in [0.25, 0.3) is 17.0 Å². The molecule has 0 aliphatic carbocycles. The van der Waals surface area contributed by atoms with E-state index in [1.54, 1.807) is 10.9 Å². The summed E-state index contributed by atoms with van der Waals surface area (Å²) in [6, 6.07) is 4.55. The summed E-state index contributed by atoms with van der Waals surface area (Å²) in [6.45, 7) is 9.85. The van der Waals surface area contributed by atoms with Crippen LogP contribution in [-0.4, -0.2) is 25.1 Å². The highest BCUT2D eigenvalue weighted by Gasteiger charge is 2.37. The number of alkyl halides is 3. The third-order valence-corrected chi connectivity index (χ3v) is 8.27. The average molecular weight is 567 g/mol. The van der Waals surface area contributed by atoms with Crippen LogP contribution in [0.15, 0.2) is 50.2 Å². The van der Waals surface area contributed by atoms with E-state index in [-0.39, 0.29) is 32.5 Å². The number of fused-ring (bicyclic) bond motifs is 1. The molecular formula is C25H27F3N5O3S2+. The lowest BCUT2D eigenvalue weighted by Gasteiger charge is -2.16. The van der Waals surface area contributed by atoms with Crippen molar-refractivity contribution in [3.8, 4) is 0 Å². The number of ketones is 1. The van der Waals surface area contributed by atoms with Crippen LogP contribution in [0.1, 0.15) is 55.4 Å². The van der Waals surface area contributed by atoms with E-state index >= 15 is 0 Å². The van der Waals surface area contributed by atoms with Gasteiger partial charge in [-0.15, -0.1) is 16.4 Å². The number of nitrogens with one attached hydrogen (secondary N) is 1. The molecule has 0 spiro atoms. The van der Waals surface area contributed by atoms with Gasteiger partial charge in [-0.1, -0.05) is 32.0 Å². The molecule has 1 N–H and O–H groups in total. The van der Waals surface area contributed by atoms with E-state index in [2.05, 4.69) is 10.2 Å². The summed E-state index contributed by atoms with van der Waals surface area (Å²) in [7, 11) is 1.35. The predicted octanol–water partition coefficient (Wildman–Crippen LogP) is 4.58. The van der Waals surface area contributed by atoms with Gasteiger partial charge in [-0.2, -0.15) is 13.2 Å². The first-order valence-corrected chi connectivity index (χ1v) is 13.4. The van der Waals surface area contributed by atoms with Crippen LogP contribution in [0.5, 0.6) is 0 Å². The molecule has 3 aromatic heterocycles. The highest BCUT2D eigenvalue weighted by Crippen LogP contribution is 2.41. The van der Waals surface area contributed by atoms with Gasteiger partial charge in [0, 0.05) is 24.3 Å². The third-order valence-electron chi connectivity index (χ3n) is 5.83. The molecule has 4 rings (SSSR count). The summed E-state index contributed by atoms with van der Waals surface area (Å²) in [5.74, 6) is -0.860. The Hall–Kier alpha value is -3.19. The van der Waals surface area contributed by atoms with E-state index in [4.69, 9.17) is 0 Å². The van der Waals surface area contributed by atoms with Gasteiger partial charge >= 0.3 is 11.9 Å². The maximum atomic E-state index is 13.8. The van der Waals surface area contributed by atoms with Crippen LogP contribution in [0, 0.1) is 5.92 Å². The van der Waals surface area contributed by atoms with E-state index in [9.17, 15) is 27.6 Å². The second kappa shape index (κ2) is 9.84. The number of halogens is 3. The maximum absolute atomic E-state index is 13.8. The van der Waals surface area contributed by atoms with Gasteiger partial charge < -0.3 is 0 Å². The predicted molar refractivity (Wildman–Crippen MR) is 139 cm³/mol. The summed E-state index contributed by atoms with van der Waals surface area (Å²) >= 11 is 1.88. The zero-order valence-electron chi connectivity index (χ0n) is 21.6. The van der Waals surface area contributed by atoms with Crippen molar-refractivity contribution >= 4 is 39.1 Å². The van der Waals surface area contributed by atoms with Crippen molar-refractivity contribution in [3.05, 3.63) is 67.4 Å². The normalized spacial score (nSPS) is 12.6. The molecule has 0 radical (unpaired) electrons. The fraction of sp³-hybridized carbons (Fsp3) is 0.400. The van der Waals surface area contributed by atoms with E-state index in [1.165, 1.54) is 23.7 Å². The molecule has 0 fully saturated rings. The van der Waals surface area contributed by atoms with Crippen molar-refractivity contribution in [2.24, 2.45) is 13.0 Å². The van der Waals surface area contributed by atoms with Gasteiger partial charge in [0.2, 0.25) is 5.78 Å². The lowest BCUT2D eigenvalue weighted by atomic mass is 10.0. The molecule has 0 unspecified atom stereocenters. The molecule has 202 valence electrons. The molecule has 0 aliphatic rings. The number of carbonyl (C=O) groups is 1. The fourth-order valence-electron chi connectivity index (χ4n) is 4.02. The Balaban J connectivity index is 2.08. The monoisotopic (exact) mass is 566 g/mol. The third kappa shape index (κ3) is 4.96. The summed E-state index contributed by atoms with van der Waals surface area (Å²) in [4.78, 5) is 40.6. The number of carbonyl (C=O) groups excluding carboxylic acids is 1. The van der Waals surface area contributed by atoms with Crippen LogP contribution in [0.3, 0.4) is 0 Å². The van der Waals surface area contributed by atoms with E-state index in [1.807, 2.05) is 34.6 Å². The molecule has 13 heteroatoms. The molecule has 3 heterocycles. The summed E-state index contributed by atoms with van der Waals surface area (Å²) in [5, 5.41) is 7.52.